The third-order valence-electron chi connectivity index (χ3n) is 3.47. The van der Waals surface area contributed by atoms with Crippen LogP contribution in [0.25, 0.3) is 0 Å². The Hall–Kier alpha value is -0.250. The van der Waals surface area contributed by atoms with Crippen LogP contribution in [0.15, 0.2) is 0 Å². The first-order valence-electron chi connectivity index (χ1n) is 8.66. The molecule has 0 rings (SSSR count). The van der Waals surface area contributed by atoms with Crippen LogP contribution in [0.3, 0.4) is 0 Å². The quantitative estimate of drug-likeness (QED) is 0.196. The molecule has 0 fully saturated rings. The van der Waals surface area contributed by atoms with Crippen LogP contribution < -0.4 is 0 Å². The molecule has 0 aliphatic rings. The lowest BCUT2D eigenvalue weighted by atomic mass is 10.1. The average molecular weight is 365 g/mol. The van der Waals surface area contributed by atoms with Gasteiger partial charge in [-0.15, -0.1) is 0 Å². The van der Waals surface area contributed by atoms with Gasteiger partial charge in [-0.3, -0.25) is 0 Å². The van der Waals surface area contributed by atoms with Crippen molar-refractivity contribution in [1.82, 2.24) is 0 Å². The maximum Gasteiger partial charge on any atom is 0.508 e. The van der Waals surface area contributed by atoms with Crippen LogP contribution in [0.2, 0.25) is 0 Å². The van der Waals surface area contributed by atoms with E-state index < -0.39 is 6.16 Å². The summed E-state index contributed by atoms with van der Waals surface area (Å²) in [5, 5.41) is 1.08. The minimum absolute atomic E-state index is 0.490. The van der Waals surface area contributed by atoms with Crippen molar-refractivity contribution in [2.24, 2.45) is 0 Å². The standard InChI is InChI=1S/C17H33BrO3/c1-2-3-4-5-6-9-12-15-20-17(19)21-16-13-10-7-8-11-14-18/h2-16H2,1H3. The Morgan fingerprint density at radius 2 is 1.14 bits per heavy atom. The molecule has 4 heteroatoms. The maximum atomic E-state index is 11.3. The van der Waals surface area contributed by atoms with Crippen molar-refractivity contribution in [3.63, 3.8) is 0 Å². The molecule has 0 atom stereocenters. The van der Waals surface area contributed by atoms with Crippen molar-refractivity contribution in [2.45, 2.75) is 84.0 Å². The molecule has 0 N–H and O–H groups in total. The van der Waals surface area contributed by atoms with Gasteiger partial charge in [0.25, 0.3) is 0 Å². The molecule has 0 amide bonds. The van der Waals surface area contributed by atoms with Gasteiger partial charge in [-0.05, 0) is 19.3 Å². The zero-order valence-corrected chi connectivity index (χ0v) is 15.3. The molecule has 0 aromatic carbocycles. The Morgan fingerprint density at radius 1 is 0.714 bits per heavy atom. The van der Waals surface area contributed by atoms with Gasteiger partial charge in [0, 0.05) is 5.33 Å². The summed E-state index contributed by atoms with van der Waals surface area (Å²) < 4.78 is 10.1. The van der Waals surface area contributed by atoms with E-state index in [1.165, 1.54) is 51.4 Å². The van der Waals surface area contributed by atoms with Gasteiger partial charge in [0.1, 0.15) is 0 Å². The van der Waals surface area contributed by atoms with E-state index in [1.54, 1.807) is 0 Å². The van der Waals surface area contributed by atoms with E-state index in [4.69, 9.17) is 9.47 Å². The molecular weight excluding hydrogens is 332 g/mol. The molecular formula is C17H33BrO3. The van der Waals surface area contributed by atoms with Crippen LogP contribution in [0.1, 0.15) is 84.0 Å². The molecule has 0 aliphatic carbocycles. The van der Waals surface area contributed by atoms with E-state index in [2.05, 4.69) is 22.9 Å². The molecule has 21 heavy (non-hydrogen) atoms. The number of carbonyl (C=O) groups excluding carboxylic acids is 1. The van der Waals surface area contributed by atoms with Gasteiger partial charge in [0.2, 0.25) is 0 Å². The first-order chi connectivity index (χ1) is 10.3. The molecule has 3 nitrogen and oxygen atoms in total. The predicted octanol–water partition coefficient (Wildman–Crippen LogP) is 6.24. The molecule has 0 aromatic rings. The zero-order valence-electron chi connectivity index (χ0n) is 13.7. The molecule has 0 saturated carbocycles. The summed E-state index contributed by atoms with van der Waals surface area (Å²) in [6.45, 7) is 3.21. The molecule has 0 unspecified atom stereocenters. The van der Waals surface area contributed by atoms with E-state index in [0.29, 0.717) is 13.2 Å². The molecule has 126 valence electrons. The van der Waals surface area contributed by atoms with Gasteiger partial charge in [0.05, 0.1) is 13.2 Å². The van der Waals surface area contributed by atoms with Gasteiger partial charge in [-0.2, -0.15) is 0 Å². The largest absolute Gasteiger partial charge is 0.508 e. The second kappa shape index (κ2) is 17.8. The third-order valence-corrected chi connectivity index (χ3v) is 4.03. The number of unbranched alkanes of at least 4 members (excludes halogenated alkanes) is 10. The SMILES string of the molecule is CCCCCCCCCOC(=O)OCCCCCCCBr. The van der Waals surface area contributed by atoms with E-state index in [-0.39, 0.29) is 0 Å². The number of hydrogen-bond donors (Lipinski definition) is 0. The first-order valence-corrected chi connectivity index (χ1v) is 9.79. The second-order valence-electron chi connectivity index (χ2n) is 5.52. The highest BCUT2D eigenvalue weighted by Crippen LogP contribution is 2.07. The van der Waals surface area contributed by atoms with Gasteiger partial charge in [-0.25, -0.2) is 4.79 Å². The number of carbonyl (C=O) groups is 1. The molecule has 0 bridgehead atoms. The highest BCUT2D eigenvalue weighted by molar-refractivity contribution is 9.09. The maximum absolute atomic E-state index is 11.3. The third kappa shape index (κ3) is 17.7. The van der Waals surface area contributed by atoms with Crippen molar-refractivity contribution < 1.29 is 14.3 Å². The lowest BCUT2D eigenvalue weighted by Gasteiger charge is -2.06. The highest BCUT2D eigenvalue weighted by atomic mass is 79.9. The van der Waals surface area contributed by atoms with Gasteiger partial charge < -0.3 is 9.47 Å². The molecule has 0 spiro atoms. The Kier molecular flexibility index (Phi) is 17.6. The predicted molar refractivity (Wildman–Crippen MR) is 92.2 cm³/mol. The fourth-order valence-electron chi connectivity index (χ4n) is 2.14. The normalized spacial score (nSPS) is 10.6. The minimum Gasteiger partial charge on any atom is -0.434 e. The van der Waals surface area contributed by atoms with Crippen molar-refractivity contribution >= 4 is 22.1 Å². The fourth-order valence-corrected chi connectivity index (χ4v) is 2.54. The summed E-state index contributed by atoms with van der Waals surface area (Å²) >= 11 is 3.42. The molecule has 0 aliphatic heterocycles. The lowest BCUT2D eigenvalue weighted by Crippen LogP contribution is -2.09. The van der Waals surface area contributed by atoms with Gasteiger partial charge in [-0.1, -0.05) is 80.6 Å². The van der Waals surface area contributed by atoms with Crippen molar-refractivity contribution in [2.75, 3.05) is 18.5 Å². The van der Waals surface area contributed by atoms with Crippen LogP contribution in [-0.4, -0.2) is 24.7 Å². The van der Waals surface area contributed by atoms with Crippen LogP contribution in [0, 0.1) is 0 Å². The van der Waals surface area contributed by atoms with E-state index in [1.807, 2.05) is 0 Å². The Morgan fingerprint density at radius 3 is 1.62 bits per heavy atom. The van der Waals surface area contributed by atoms with Gasteiger partial charge >= 0.3 is 6.16 Å². The number of alkyl halides is 1. The minimum atomic E-state index is -0.499. The average Bonchev–Trinajstić information content (AvgIpc) is 2.49. The highest BCUT2D eigenvalue weighted by Gasteiger charge is 2.02. The number of halogens is 1. The molecule has 0 aromatic heterocycles. The summed E-state index contributed by atoms with van der Waals surface area (Å²) in [6.07, 6.45) is 13.8. The van der Waals surface area contributed by atoms with Gasteiger partial charge in [0.15, 0.2) is 0 Å². The molecule has 0 heterocycles. The first kappa shape index (κ1) is 20.8. The van der Waals surface area contributed by atoms with E-state index in [9.17, 15) is 4.79 Å². The van der Waals surface area contributed by atoms with E-state index in [0.717, 1.165) is 31.0 Å². The zero-order chi connectivity index (χ0) is 15.6. The summed E-state index contributed by atoms with van der Waals surface area (Å²) in [5.41, 5.74) is 0. The Labute approximate surface area is 139 Å². The van der Waals surface area contributed by atoms with Crippen molar-refractivity contribution in [3.8, 4) is 0 Å². The topological polar surface area (TPSA) is 35.5 Å². The molecule has 0 saturated heterocycles. The van der Waals surface area contributed by atoms with Crippen LogP contribution >= 0.6 is 15.9 Å². The van der Waals surface area contributed by atoms with Crippen molar-refractivity contribution in [1.29, 1.82) is 0 Å². The number of hydrogen-bond acceptors (Lipinski definition) is 3. The summed E-state index contributed by atoms with van der Waals surface area (Å²) in [4.78, 5) is 11.3. The van der Waals surface area contributed by atoms with Crippen LogP contribution in [0.5, 0.6) is 0 Å². The van der Waals surface area contributed by atoms with Crippen LogP contribution in [-0.2, 0) is 9.47 Å². The summed E-state index contributed by atoms with van der Waals surface area (Å²) in [5.74, 6) is 0. The summed E-state index contributed by atoms with van der Waals surface area (Å²) in [6, 6.07) is 0. The number of ether oxygens (including phenoxy) is 2. The van der Waals surface area contributed by atoms with E-state index >= 15 is 0 Å². The smallest absolute Gasteiger partial charge is 0.434 e. The fraction of sp³-hybridized carbons (Fsp3) is 0.941. The summed E-state index contributed by atoms with van der Waals surface area (Å²) in [7, 11) is 0. The second-order valence-corrected chi connectivity index (χ2v) is 6.32. The lowest BCUT2D eigenvalue weighted by molar-refractivity contribution is 0.0529. The molecule has 0 radical (unpaired) electrons. The number of rotatable bonds is 15. The van der Waals surface area contributed by atoms with Crippen molar-refractivity contribution in [3.05, 3.63) is 0 Å². The Balaban J connectivity index is 3.13. The monoisotopic (exact) mass is 364 g/mol. The van der Waals surface area contributed by atoms with Crippen LogP contribution in [0.4, 0.5) is 4.79 Å². The Bertz CT molecular complexity index is 222.